The molecule has 75 heavy (non-hydrogen) atoms. The normalized spacial score (nSPS) is 17.8. The van der Waals surface area contributed by atoms with Crippen molar-refractivity contribution in [2.45, 2.75) is 19.7 Å². The SMILES string of the molecule is CS(=O)(=O)N1CCN(CCn2cnc3c(-c4cccc(O)c4)nc(N4CCOCC4)nc32)CC1.CS(=O)(=O)N1CCN(CCn2cnc3c(-c4cccc(OCc5ccccc5)c4)nc(N4CCOCC4)nc32)CC1. The average molecular weight is 1070 g/mol. The molecule has 7 aromatic rings. The Kier molecular flexibility index (Phi) is 16.1. The van der Waals surface area contributed by atoms with Gasteiger partial charge in [0.1, 0.15) is 40.5 Å². The van der Waals surface area contributed by atoms with Crippen LogP contribution in [0.2, 0.25) is 0 Å². The Morgan fingerprint density at radius 2 is 1.00 bits per heavy atom. The number of phenolic OH excluding ortho intramolecular Hbond substituents is 1. The fourth-order valence-corrected chi connectivity index (χ4v) is 11.3. The molecule has 0 bridgehead atoms. The van der Waals surface area contributed by atoms with E-state index in [1.807, 2.05) is 71.6 Å². The highest BCUT2D eigenvalue weighted by molar-refractivity contribution is 7.88. The van der Waals surface area contributed by atoms with E-state index in [0.717, 1.165) is 71.1 Å². The van der Waals surface area contributed by atoms with Crippen molar-refractivity contribution < 1.29 is 36.2 Å². The second-order valence-corrected chi connectivity index (χ2v) is 23.0. The summed E-state index contributed by atoms with van der Waals surface area (Å²) in [5.41, 5.74) is 7.20. The Balaban J connectivity index is 0.000000174. The zero-order valence-corrected chi connectivity index (χ0v) is 44.0. The number of anilines is 2. The number of rotatable bonds is 15. The lowest BCUT2D eigenvalue weighted by molar-refractivity contribution is 0.122. The highest BCUT2D eigenvalue weighted by atomic mass is 32.2. The number of hydrogen-bond donors (Lipinski definition) is 1. The molecule has 0 amide bonds. The van der Waals surface area contributed by atoms with Gasteiger partial charge in [-0.15, -0.1) is 0 Å². The molecule has 8 heterocycles. The van der Waals surface area contributed by atoms with Crippen molar-refractivity contribution in [2.75, 3.05) is 140 Å². The number of benzene rings is 3. The van der Waals surface area contributed by atoms with Gasteiger partial charge in [-0.3, -0.25) is 9.80 Å². The smallest absolute Gasteiger partial charge is 0.228 e. The number of imidazole rings is 2. The lowest BCUT2D eigenvalue weighted by Gasteiger charge is -2.33. The molecular formula is C51H64N14O8S2. The van der Waals surface area contributed by atoms with Crippen LogP contribution in [0.1, 0.15) is 5.56 Å². The van der Waals surface area contributed by atoms with Crippen molar-refractivity contribution in [3.05, 3.63) is 97.1 Å². The molecule has 0 radical (unpaired) electrons. The van der Waals surface area contributed by atoms with Crippen LogP contribution < -0.4 is 14.5 Å². The molecule has 3 aromatic carbocycles. The Morgan fingerprint density at radius 1 is 0.533 bits per heavy atom. The quantitative estimate of drug-likeness (QED) is 0.156. The van der Waals surface area contributed by atoms with Crippen LogP contribution in [0.15, 0.2) is 91.5 Å². The number of fused-ring (bicyclic) bond motifs is 2. The molecule has 398 valence electrons. The van der Waals surface area contributed by atoms with E-state index in [4.69, 9.17) is 39.1 Å². The molecule has 0 spiro atoms. The molecule has 4 saturated heterocycles. The first-order valence-electron chi connectivity index (χ1n) is 25.3. The van der Waals surface area contributed by atoms with E-state index in [1.165, 1.54) is 16.8 Å². The highest BCUT2D eigenvalue weighted by Gasteiger charge is 2.27. The van der Waals surface area contributed by atoms with Gasteiger partial charge >= 0.3 is 0 Å². The summed E-state index contributed by atoms with van der Waals surface area (Å²) in [5.74, 6) is 2.22. The molecule has 22 nitrogen and oxygen atoms in total. The number of sulfonamides is 2. The molecule has 4 aliphatic heterocycles. The highest BCUT2D eigenvalue weighted by Crippen LogP contribution is 2.32. The number of phenols is 1. The van der Waals surface area contributed by atoms with E-state index >= 15 is 0 Å². The van der Waals surface area contributed by atoms with Crippen LogP contribution in [-0.4, -0.2) is 210 Å². The van der Waals surface area contributed by atoms with Crippen molar-refractivity contribution in [3.8, 4) is 34.0 Å². The molecule has 24 heteroatoms. The van der Waals surface area contributed by atoms with Gasteiger partial charge in [0.25, 0.3) is 0 Å². The van der Waals surface area contributed by atoms with E-state index in [-0.39, 0.29) is 5.75 Å². The first-order valence-corrected chi connectivity index (χ1v) is 29.0. The molecule has 4 aromatic heterocycles. The third-order valence-corrected chi connectivity index (χ3v) is 16.5. The topological polar surface area (TPSA) is 223 Å². The number of piperazine rings is 2. The van der Waals surface area contributed by atoms with E-state index in [0.29, 0.717) is 135 Å². The summed E-state index contributed by atoms with van der Waals surface area (Å²) in [5, 5.41) is 10.0. The van der Waals surface area contributed by atoms with E-state index in [9.17, 15) is 21.9 Å². The summed E-state index contributed by atoms with van der Waals surface area (Å²) < 4.78 is 71.6. The molecule has 11 rings (SSSR count). The maximum atomic E-state index is 11.9. The first kappa shape index (κ1) is 52.1. The summed E-state index contributed by atoms with van der Waals surface area (Å²) in [7, 11) is -6.29. The van der Waals surface area contributed by atoms with Gasteiger partial charge < -0.3 is 38.3 Å². The third kappa shape index (κ3) is 12.8. The van der Waals surface area contributed by atoms with Crippen molar-refractivity contribution in [2.24, 2.45) is 0 Å². The minimum absolute atomic E-state index is 0.171. The minimum atomic E-state index is -3.15. The number of nitrogens with zero attached hydrogens (tertiary/aromatic N) is 14. The van der Waals surface area contributed by atoms with Crippen molar-refractivity contribution in [3.63, 3.8) is 0 Å². The summed E-state index contributed by atoms with van der Waals surface area (Å²) in [4.78, 5) is 37.9. The van der Waals surface area contributed by atoms with Gasteiger partial charge in [-0.25, -0.2) is 36.8 Å². The number of morpholine rings is 2. The van der Waals surface area contributed by atoms with Gasteiger partial charge in [0.05, 0.1) is 51.6 Å². The zero-order chi connectivity index (χ0) is 51.9. The van der Waals surface area contributed by atoms with E-state index in [1.54, 1.807) is 28.8 Å². The minimum Gasteiger partial charge on any atom is -0.508 e. The molecule has 4 aliphatic rings. The number of hydrogen-bond acceptors (Lipinski definition) is 18. The van der Waals surface area contributed by atoms with Crippen molar-refractivity contribution in [1.82, 2.24) is 57.4 Å². The monoisotopic (exact) mass is 1060 g/mol. The number of ether oxygens (including phenoxy) is 3. The molecule has 1 N–H and O–H groups in total. The van der Waals surface area contributed by atoms with Crippen molar-refractivity contribution >= 4 is 54.3 Å². The maximum absolute atomic E-state index is 11.9. The average Bonchev–Trinajstić information content (AvgIpc) is 4.06. The lowest BCUT2D eigenvalue weighted by atomic mass is 10.1. The van der Waals surface area contributed by atoms with Crippen molar-refractivity contribution in [1.29, 1.82) is 0 Å². The van der Waals surface area contributed by atoms with E-state index < -0.39 is 20.0 Å². The van der Waals surface area contributed by atoms with Crippen LogP contribution in [0, 0.1) is 0 Å². The molecule has 4 fully saturated rings. The van der Waals surface area contributed by atoms with Crippen LogP contribution in [-0.2, 0) is 49.2 Å². The summed E-state index contributed by atoms with van der Waals surface area (Å²) in [6.45, 7) is 13.6. The van der Waals surface area contributed by atoms with Gasteiger partial charge in [0, 0.05) is 116 Å². The molecule has 0 atom stereocenters. The Hall–Kier alpha value is -6.38. The molecule has 0 aliphatic carbocycles. The Bertz CT molecular complexity index is 3280. The fraction of sp³-hybridized carbons (Fsp3) is 0.451. The lowest BCUT2D eigenvalue weighted by Crippen LogP contribution is -2.48. The van der Waals surface area contributed by atoms with Crippen LogP contribution in [0.4, 0.5) is 11.9 Å². The Morgan fingerprint density at radius 3 is 1.47 bits per heavy atom. The van der Waals surface area contributed by atoms with Gasteiger partial charge in [-0.1, -0.05) is 54.6 Å². The van der Waals surface area contributed by atoms with Crippen LogP contribution in [0.3, 0.4) is 0 Å². The van der Waals surface area contributed by atoms with E-state index in [2.05, 4.69) is 29.2 Å². The van der Waals surface area contributed by atoms with Gasteiger partial charge in [-0.2, -0.15) is 18.6 Å². The zero-order valence-electron chi connectivity index (χ0n) is 42.4. The van der Waals surface area contributed by atoms with Gasteiger partial charge in [-0.05, 0) is 29.8 Å². The second-order valence-electron chi connectivity index (χ2n) is 19.0. The Labute approximate surface area is 437 Å². The number of aromatic hydroxyl groups is 1. The van der Waals surface area contributed by atoms with Crippen LogP contribution >= 0.6 is 0 Å². The summed E-state index contributed by atoms with van der Waals surface area (Å²) >= 11 is 0. The largest absolute Gasteiger partial charge is 0.508 e. The molecule has 0 saturated carbocycles. The molecule has 0 unspecified atom stereocenters. The summed E-state index contributed by atoms with van der Waals surface area (Å²) in [6, 6.07) is 25.1. The maximum Gasteiger partial charge on any atom is 0.228 e. The predicted molar refractivity (Wildman–Crippen MR) is 286 cm³/mol. The predicted octanol–water partition coefficient (Wildman–Crippen LogP) is 3.10. The van der Waals surface area contributed by atoms with Gasteiger partial charge in [0.2, 0.25) is 31.9 Å². The fourth-order valence-electron chi connectivity index (χ4n) is 9.60. The van der Waals surface area contributed by atoms with Crippen LogP contribution in [0.5, 0.6) is 11.5 Å². The third-order valence-electron chi connectivity index (χ3n) is 13.9. The first-order chi connectivity index (χ1) is 36.3. The standard InChI is InChI=1S/C29H35N7O4S.C22H29N7O4S/c1-41(37,38)36-14-11-33(12-15-36)10-13-35-22-30-27-26(31-29(32-28(27)35)34-16-18-39-19-17-34)24-8-5-9-25(20-24)40-21-23-6-3-2-4-7-23;1-34(31,32)29-9-6-26(7-10-29)5-8-28-16-23-20-19(17-3-2-4-18(30)15-17)24-22(25-21(20)28)27-11-13-33-14-12-27/h2-9,20,22H,10-19,21H2,1H3;2-4,15-16,30H,5-14H2,1H3. The van der Waals surface area contributed by atoms with Crippen LogP contribution in [0.25, 0.3) is 44.8 Å². The number of aromatic nitrogens is 8. The van der Waals surface area contributed by atoms with Gasteiger partial charge in [0.15, 0.2) is 11.3 Å². The second kappa shape index (κ2) is 23.2. The summed E-state index contributed by atoms with van der Waals surface area (Å²) in [6.07, 6.45) is 6.14. The molecular weight excluding hydrogens is 1000 g/mol.